The highest BCUT2D eigenvalue weighted by atomic mass is 16.5. The number of aliphatic carboxylic acids is 1. The number of nitrogens with one attached hydrogen (secondary N) is 3. The van der Waals surface area contributed by atoms with Gasteiger partial charge in [-0.05, 0) is 19.8 Å². The van der Waals surface area contributed by atoms with Gasteiger partial charge in [0.15, 0.2) is 5.82 Å². The summed E-state index contributed by atoms with van der Waals surface area (Å²) in [6, 6.07) is -2.06. The van der Waals surface area contributed by atoms with Crippen molar-refractivity contribution in [3.63, 3.8) is 0 Å². The predicted octanol–water partition coefficient (Wildman–Crippen LogP) is -0.560. The zero-order valence-electron chi connectivity index (χ0n) is 11.3. The molecule has 0 fully saturated rings. The number of aromatic amines is 1. The summed E-state index contributed by atoms with van der Waals surface area (Å²) >= 11 is 0. The summed E-state index contributed by atoms with van der Waals surface area (Å²) in [6.45, 7) is 2.09. The molecular formula is C10H18N6O4. The number of ether oxygens (including phenoxy) is 1. The molecule has 0 aromatic carbocycles. The Morgan fingerprint density at radius 2 is 2.20 bits per heavy atom. The maximum atomic E-state index is 11.7. The fourth-order valence-corrected chi connectivity index (χ4v) is 1.50. The van der Waals surface area contributed by atoms with Crippen molar-refractivity contribution in [1.82, 2.24) is 31.3 Å². The molecule has 1 aromatic heterocycles. The zero-order chi connectivity index (χ0) is 15.0. The standard InChI is InChI=1S/C10H18N6O4/c1-6(8-13-15-16-14-8)11-10(19)12-7(9(17)18)4-3-5-20-2/h6-7H,3-5H2,1-2H3,(H,17,18)(H2,11,12,19)(H,13,14,15,16). The van der Waals surface area contributed by atoms with E-state index in [-0.39, 0.29) is 6.42 Å². The lowest BCUT2D eigenvalue weighted by Gasteiger charge is -2.16. The second-order valence-corrected chi connectivity index (χ2v) is 4.14. The first-order valence-electron chi connectivity index (χ1n) is 6.06. The first-order valence-corrected chi connectivity index (χ1v) is 6.06. The molecule has 0 bridgehead atoms. The van der Waals surface area contributed by atoms with E-state index in [9.17, 15) is 9.59 Å². The number of urea groups is 1. The van der Waals surface area contributed by atoms with Gasteiger partial charge in [-0.2, -0.15) is 5.21 Å². The normalized spacial score (nSPS) is 13.5. The third kappa shape index (κ3) is 5.18. The molecule has 0 aliphatic carbocycles. The van der Waals surface area contributed by atoms with Crippen LogP contribution in [0.4, 0.5) is 4.79 Å². The van der Waals surface area contributed by atoms with Crippen LogP contribution in [0.1, 0.15) is 31.6 Å². The summed E-state index contributed by atoms with van der Waals surface area (Å²) < 4.78 is 4.84. The van der Waals surface area contributed by atoms with E-state index in [0.29, 0.717) is 18.9 Å². The fourth-order valence-electron chi connectivity index (χ4n) is 1.50. The van der Waals surface area contributed by atoms with Gasteiger partial charge in [-0.3, -0.25) is 0 Å². The van der Waals surface area contributed by atoms with E-state index in [2.05, 4.69) is 31.3 Å². The third-order valence-electron chi connectivity index (χ3n) is 2.54. The quantitative estimate of drug-likeness (QED) is 0.469. The number of carbonyl (C=O) groups excluding carboxylic acids is 1. The lowest BCUT2D eigenvalue weighted by atomic mass is 10.1. The SMILES string of the molecule is COCCCC(NC(=O)NC(C)c1nn[nH]n1)C(=O)O. The van der Waals surface area contributed by atoms with Gasteiger partial charge < -0.3 is 20.5 Å². The Balaban J connectivity index is 2.43. The first kappa shape index (κ1) is 15.8. The van der Waals surface area contributed by atoms with E-state index < -0.39 is 24.1 Å². The minimum absolute atomic E-state index is 0.285. The Labute approximate surface area is 115 Å². The maximum absolute atomic E-state index is 11.7. The van der Waals surface area contributed by atoms with Gasteiger partial charge in [-0.15, -0.1) is 10.2 Å². The van der Waals surface area contributed by atoms with Crippen molar-refractivity contribution >= 4 is 12.0 Å². The minimum Gasteiger partial charge on any atom is -0.480 e. The van der Waals surface area contributed by atoms with E-state index in [1.807, 2.05) is 0 Å². The van der Waals surface area contributed by atoms with E-state index in [0.717, 1.165) is 0 Å². The molecular weight excluding hydrogens is 268 g/mol. The summed E-state index contributed by atoms with van der Waals surface area (Å²) in [5, 5.41) is 27.0. The molecule has 4 N–H and O–H groups in total. The number of rotatable bonds is 8. The van der Waals surface area contributed by atoms with Crippen LogP contribution in [-0.4, -0.2) is 57.5 Å². The van der Waals surface area contributed by atoms with Crippen LogP contribution >= 0.6 is 0 Å². The molecule has 10 heteroatoms. The molecule has 2 amide bonds. The minimum atomic E-state index is -1.09. The monoisotopic (exact) mass is 286 g/mol. The Hall–Kier alpha value is -2.23. The van der Waals surface area contributed by atoms with Crippen LogP contribution in [0.5, 0.6) is 0 Å². The second-order valence-electron chi connectivity index (χ2n) is 4.14. The first-order chi connectivity index (χ1) is 9.54. The van der Waals surface area contributed by atoms with Gasteiger partial charge in [0.2, 0.25) is 0 Å². The van der Waals surface area contributed by atoms with Crippen molar-refractivity contribution in [3.05, 3.63) is 5.82 Å². The van der Waals surface area contributed by atoms with Gasteiger partial charge >= 0.3 is 12.0 Å². The Kier molecular flexibility index (Phi) is 6.37. The molecule has 0 spiro atoms. The van der Waals surface area contributed by atoms with Crippen LogP contribution < -0.4 is 10.6 Å². The van der Waals surface area contributed by atoms with Crippen LogP contribution in [-0.2, 0) is 9.53 Å². The van der Waals surface area contributed by atoms with E-state index in [1.54, 1.807) is 6.92 Å². The second kappa shape index (κ2) is 8.04. The molecule has 20 heavy (non-hydrogen) atoms. The van der Waals surface area contributed by atoms with Crippen LogP contribution in [0.15, 0.2) is 0 Å². The van der Waals surface area contributed by atoms with E-state index >= 15 is 0 Å². The topological polar surface area (TPSA) is 142 Å². The third-order valence-corrected chi connectivity index (χ3v) is 2.54. The van der Waals surface area contributed by atoms with E-state index in [1.165, 1.54) is 7.11 Å². The number of amides is 2. The highest BCUT2D eigenvalue weighted by Crippen LogP contribution is 2.03. The van der Waals surface area contributed by atoms with E-state index in [4.69, 9.17) is 9.84 Å². The maximum Gasteiger partial charge on any atom is 0.326 e. The number of H-pyrrole nitrogens is 1. The molecule has 0 saturated heterocycles. The Morgan fingerprint density at radius 3 is 2.75 bits per heavy atom. The smallest absolute Gasteiger partial charge is 0.326 e. The number of carboxylic acids is 1. The van der Waals surface area contributed by atoms with Crippen LogP contribution in [0.2, 0.25) is 0 Å². The molecule has 10 nitrogen and oxygen atoms in total. The van der Waals surface area contributed by atoms with Gasteiger partial charge in [-0.25, -0.2) is 9.59 Å². The van der Waals surface area contributed by atoms with Gasteiger partial charge in [-0.1, -0.05) is 5.21 Å². The molecule has 1 heterocycles. The largest absolute Gasteiger partial charge is 0.480 e. The molecule has 0 aliphatic heterocycles. The van der Waals surface area contributed by atoms with Crippen molar-refractivity contribution < 1.29 is 19.4 Å². The summed E-state index contributed by atoms with van der Waals surface area (Å²) in [4.78, 5) is 22.7. The lowest BCUT2D eigenvalue weighted by molar-refractivity contribution is -0.139. The predicted molar refractivity (Wildman–Crippen MR) is 66.8 cm³/mol. The number of hydrogen-bond donors (Lipinski definition) is 4. The molecule has 0 radical (unpaired) electrons. The number of tetrazole rings is 1. The molecule has 1 rings (SSSR count). The number of hydrogen-bond acceptors (Lipinski definition) is 6. The summed E-state index contributed by atoms with van der Waals surface area (Å²) in [5.41, 5.74) is 0. The summed E-state index contributed by atoms with van der Waals surface area (Å²) in [6.07, 6.45) is 0.821. The number of methoxy groups -OCH3 is 1. The van der Waals surface area contributed by atoms with Crippen LogP contribution in [0, 0.1) is 0 Å². The van der Waals surface area contributed by atoms with Crippen molar-refractivity contribution in [2.75, 3.05) is 13.7 Å². The molecule has 112 valence electrons. The Bertz CT molecular complexity index is 423. The van der Waals surface area contributed by atoms with Gasteiger partial charge in [0.05, 0.1) is 6.04 Å². The highest BCUT2D eigenvalue weighted by Gasteiger charge is 2.21. The Morgan fingerprint density at radius 1 is 1.45 bits per heavy atom. The highest BCUT2D eigenvalue weighted by molar-refractivity contribution is 5.82. The average molecular weight is 286 g/mol. The molecule has 0 saturated carbocycles. The molecule has 1 aromatic rings. The van der Waals surface area contributed by atoms with Crippen molar-refractivity contribution in [2.45, 2.75) is 31.8 Å². The van der Waals surface area contributed by atoms with Crippen molar-refractivity contribution in [2.24, 2.45) is 0 Å². The van der Waals surface area contributed by atoms with Gasteiger partial charge in [0.25, 0.3) is 0 Å². The number of nitrogens with zero attached hydrogens (tertiary/aromatic N) is 3. The fraction of sp³-hybridized carbons (Fsp3) is 0.700. The summed E-state index contributed by atoms with van der Waals surface area (Å²) in [5.74, 6) is -0.783. The van der Waals surface area contributed by atoms with Crippen LogP contribution in [0.3, 0.4) is 0 Å². The number of carbonyl (C=O) groups is 2. The number of carboxylic acid groups (broad SMARTS) is 1. The average Bonchev–Trinajstić information content (AvgIpc) is 2.91. The van der Waals surface area contributed by atoms with Gasteiger partial charge in [0, 0.05) is 13.7 Å². The van der Waals surface area contributed by atoms with Crippen molar-refractivity contribution in [1.29, 1.82) is 0 Å². The van der Waals surface area contributed by atoms with Crippen molar-refractivity contribution in [3.8, 4) is 0 Å². The lowest BCUT2D eigenvalue weighted by Crippen LogP contribution is -2.46. The summed E-state index contributed by atoms with van der Waals surface area (Å²) in [7, 11) is 1.53. The molecule has 0 aliphatic rings. The molecule has 2 atom stereocenters. The molecule has 2 unspecified atom stereocenters. The van der Waals surface area contributed by atoms with Gasteiger partial charge in [0.1, 0.15) is 6.04 Å². The zero-order valence-corrected chi connectivity index (χ0v) is 11.3. The number of aromatic nitrogens is 4. The van der Waals surface area contributed by atoms with Crippen LogP contribution in [0.25, 0.3) is 0 Å².